The van der Waals surface area contributed by atoms with Crippen LogP contribution in [0.25, 0.3) is 0 Å². The number of aliphatic hydroxyl groups is 1. The van der Waals surface area contributed by atoms with Gasteiger partial charge in [0, 0.05) is 19.1 Å². The number of benzene rings is 1. The molecule has 1 atom stereocenters. The summed E-state index contributed by atoms with van der Waals surface area (Å²) in [6.45, 7) is 3.87. The molecule has 0 aromatic heterocycles. The highest BCUT2D eigenvalue weighted by molar-refractivity contribution is 5.21. The molecule has 1 aromatic rings. The van der Waals surface area contributed by atoms with E-state index in [-0.39, 0.29) is 12.6 Å². The molecule has 0 aliphatic carbocycles. The van der Waals surface area contributed by atoms with Crippen molar-refractivity contribution in [2.24, 2.45) is 5.73 Å². The minimum Gasteiger partial charge on any atom is -0.392 e. The fraction of sp³-hybridized carbons (Fsp3) is 0.500. The molecule has 4 N–H and O–H groups in total. The summed E-state index contributed by atoms with van der Waals surface area (Å²) in [6.07, 6.45) is 0.996. The maximum absolute atomic E-state index is 8.88. The molecule has 0 amide bonds. The Hall–Kier alpha value is -0.900. The third-order valence-electron chi connectivity index (χ3n) is 2.47. The van der Waals surface area contributed by atoms with Gasteiger partial charge in [0.1, 0.15) is 0 Å². The second-order valence-corrected chi connectivity index (χ2v) is 3.77. The Morgan fingerprint density at radius 3 is 2.40 bits per heavy atom. The smallest absolute Gasteiger partial charge is 0.0681 e. The number of hydrogen-bond donors (Lipinski definition) is 3. The zero-order valence-electron chi connectivity index (χ0n) is 9.24. The van der Waals surface area contributed by atoms with Crippen LogP contribution in [0.5, 0.6) is 0 Å². The lowest BCUT2D eigenvalue weighted by Gasteiger charge is -2.10. The van der Waals surface area contributed by atoms with E-state index in [4.69, 9.17) is 10.8 Å². The summed E-state index contributed by atoms with van der Waals surface area (Å²) < 4.78 is 0. The number of aliphatic hydroxyl groups excluding tert-OH is 1. The van der Waals surface area contributed by atoms with Gasteiger partial charge in [0.25, 0.3) is 0 Å². The van der Waals surface area contributed by atoms with Crippen LogP contribution in [0.2, 0.25) is 0 Å². The standard InChI is InChI=1S/C12H20N2O/c1-2-12(13)8-14-7-10-3-5-11(9-15)6-4-10/h3-6,12,14-15H,2,7-9,13H2,1H3. The summed E-state index contributed by atoms with van der Waals surface area (Å²) in [6, 6.07) is 8.17. The Labute approximate surface area is 91.3 Å². The van der Waals surface area contributed by atoms with Crippen LogP contribution in [0, 0.1) is 0 Å². The minimum absolute atomic E-state index is 0.106. The predicted molar refractivity (Wildman–Crippen MR) is 62.3 cm³/mol. The fourth-order valence-electron chi connectivity index (χ4n) is 1.31. The second-order valence-electron chi connectivity index (χ2n) is 3.77. The van der Waals surface area contributed by atoms with Crippen molar-refractivity contribution < 1.29 is 5.11 Å². The van der Waals surface area contributed by atoms with Crippen molar-refractivity contribution >= 4 is 0 Å². The second kappa shape index (κ2) is 6.56. The van der Waals surface area contributed by atoms with Gasteiger partial charge in [0.15, 0.2) is 0 Å². The number of rotatable bonds is 6. The van der Waals surface area contributed by atoms with E-state index >= 15 is 0 Å². The van der Waals surface area contributed by atoms with E-state index in [0.29, 0.717) is 0 Å². The van der Waals surface area contributed by atoms with Crippen molar-refractivity contribution in [3.63, 3.8) is 0 Å². The first-order valence-corrected chi connectivity index (χ1v) is 5.41. The molecule has 15 heavy (non-hydrogen) atoms. The summed E-state index contributed by atoms with van der Waals surface area (Å²) in [5, 5.41) is 12.2. The molecule has 1 unspecified atom stereocenters. The predicted octanol–water partition coefficient (Wildman–Crippen LogP) is 1.01. The Balaban J connectivity index is 2.31. The quantitative estimate of drug-likeness (QED) is 0.654. The van der Waals surface area contributed by atoms with Gasteiger partial charge in [0.05, 0.1) is 6.61 Å². The van der Waals surface area contributed by atoms with Gasteiger partial charge in [-0.2, -0.15) is 0 Å². The van der Waals surface area contributed by atoms with E-state index in [9.17, 15) is 0 Å². The van der Waals surface area contributed by atoms with Crippen LogP contribution >= 0.6 is 0 Å². The highest BCUT2D eigenvalue weighted by Gasteiger charge is 1.98. The highest BCUT2D eigenvalue weighted by atomic mass is 16.3. The Morgan fingerprint density at radius 2 is 1.87 bits per heavy atom. The molecule has 1 rings (SSSR count). The number of nitrogens with one attached hydrogen (secondary N) is 1. The summed E-state index contributed by atoms with van der Waals surface area (Å²) in [5.74, 6) is 0. The molecular weight excluding hydrogens is 188 g/mol. The summed E-state index contributed by atoms with van der Waals surface area (Å²) >= 11 is 0. The first-order chi connectivity index (χ1) is 7.26. The third kappa shape index (κ3) is 4.42. The van der Waals surface area contributed by atoms with Crippen LogP contribution in [-0.4, -0.2) is 17.7 Å². The van der Waals surface area contributed by atoms with Crippen molar-refractivity contribution in [2.45, 2.75) is 32.5 Å². The molecule has 1 aromatic carbocycles. The third-order valence-corrected chi connectivity index (χ3v) is 2.47. The maximum Gasteiger partial charge on any atom is 0.0681 e. The van der Waals surface area contributed by atoms with E-state index in [1.807, 2.05) is 24.3 Å². The molecule has 3 heteroatoms. The van der Waals surface area contributed by atoms with Gasteiger partial charge in [-0.3, -0.25) is 0 Å². The minimum atomic E-state index is 0.106. The van der Waals surface area contributed by atoms with Gasteiger partial charge in [0.2, 0.25) is 0 Å². The average molecular weight is 208 g/mol. The molecular formula is C12H20N2O. The SMILES string of the molecule is CCC(N)CNCc1ccc(CO)cc1. The average Bonchev–Trinajstić information content (AvgIpc) is 2.29. The largest absolute Gasteiger partial charge is 0.392 e. The topological polar surface area (TPSA) is 58.3 Å². The van der Waals surface area contributed by atoms with Crippen LogP contribution in [0.1, 0.15) is 24.5 Å². The fourth-order valence-corrected chi connectivity index (χ4v) is 1.31. The lowest BCUT2D eigenvalue weighted by molar-refractivity contribution is 0.282. The van der Waals surface area contributed by atoms with Gasteiger partial charge in [-0.1, -0.05) is 31.2 Å². The van der Waals surface area contributed by atoms with E-state index in [2.05, 4.69) is 12.2 Å². The van der Waals surface area contributed by atoms with Crippen LogP contribution in [0.15, 0.2) is 24.3 Å². The van der Waals surface area contributed by atoms with Crippen LogP contribution in [0.3, 0.4) is 0 Å². The Morgan fingerprint density at radius 1 is 1.27 bits per heavy atom. The molecule has 0 saturated heterocycles. The molecule has 0 heterocycles. The van der Waals surface area contributed by atoms with Gasteiger partial charge >= 0.3 is 0 Å². The lowest BCUT2D eigenvalue weighted by Crippen LogP contribution is -2.32. The zero-order chi connectivity index (χ0) is 11.1. The first kappa shape index (κ1) is 12.2. The molecule has 3 nitrogen and oxygen atoms in total. The highest BCUT2D eigenvalue weighted by Crippen LogP contribution is 2.03. The Kier molecular flexibility index (Phi) is 5.32. The van der Waals surface area contributed by atoms with E-state index in [1.165, 1.54) is 5.56 Å². The van der Waals surface area contributed by atoms with Crippen molar-refractivity contribution in [3.05, 3.63) is 35.4 Å². The molecule has 0 spiro atoms. The van der Waals surface area contributed by atoms with Crippen molar-refractivity contribution in [1.29, 1.82) is 0 Å². The number of nitrogens with two attached hydrogens (primary N) is 1. The molecule has 0 radical (unpaired) electrons. The zero-order valence-corrected chi connectivity index (χ0v) is 9.24. The Bertz CT molecular complexity index is 271. The molecule has 0 aliphatic heterocycles. The van der Waals surface area contributed by atoms with Gasteiger partial charge in [-0.05, 0) is 17.5 Å². The van der Waals surface area contributed by atoms with Crippen molar-refractivity contribution in [3.8, 4) is 0 Å². The molecule has 84 valence electrons. The molecule has 0 saturated carbocycles. The summed E-state index contributed by atoms with van der Waals surface area (Å²) in [4.78, 5) is 0. The normalized spacial score (nSPS) is 12.7. The van der Waals surface area contributed by atoms with Crippen molar-refractivity contribution in [2.75, 3.05) is 6.54 Å². The summed E-state index contributed by atoms with van der Waals surface area (Å²) in [7, 11) is 0. The van der Waals surface area contributed by atoms with Crippen LogP contribution in [0.4, 0.5) is 0 Å². The number of hydrogen-bond acceptors (Lipinski definition) is 3. The lowest BCUT2D eigenvalue weighted by atomic mass is 10.1. The first-order valence-electron chi connectivity index (χ1n) is 5.41. The maximum atomic E-state index is 8.88. The summed E-state index contributed by atoms with van der Waals surface area (Å²) in [5.41, 5.74) is 7.95. The monoisotopic (exact) mass is 208 g/mol. The van der Waals surface area contributed by atoms with E-state index < -0.39 is 0 Å². The van der Waals surface area contributed by atoms with E-state index in [1.54, 1.807) is 0 Å². The molecule has 0 bridgehead atoms. The van der Waals surface area contributed by atoms with E-state index in [0.717, 1.165) is 25.1 Å². The van der Waals surface area contributed by atoms with Gasteiger partial charge < -0.3 is 16.2 Å². The van der Waals surface area contributed by atoms with Gasteiger partial charge in [-0.15, -0.1) is 0 Å². The molecule has 0 aliphatic rings. The van der Waals surface area contributed by atoms with Crippen molar-refractivity contribution in [1.82, 2.24) is 5.32 Å². The molecule has 0 fully saturated rings. The van der Waals surface area contributed by atoms with Gasteiger partial charge in [-0.25, -0.2) is 0 Å². The van der Waals surface area contributed by atoms with Crippen LogP contribution in [-0.2, 0) is 13.2 Å². The van der Waals surface area contributed by atoms with Crippen LogP contribution < -0.4 is 11.1 Å².